The number of carbonyl (C=O) groups excluding carboxylic acids is 2. The molecule has 0 saturated heterocycles. The summed E-state index contributed by atoms with van der Waals surface area (Å²) in [5.74, 6) is 0.515. The minimum atomic E-state index is -0.751. The molecule has 0 unspecified atom stereocenters. The smallest absolute Gasteiger partial charge is 0.244 e. The molecule has 0 radical (unpaired) electrons. The Morgan fingerprint density at radius 2 is 1.90 bits per heavy atom. The van der Waals surface area contributed by atoms with Gasteiger partial charge in [-0.1, -0.05) is 12.8 Å². The minimum absolute atomic E-state index is 0.0196. The number of anilines is 2. The number of pyridine rings is 1. The van der Waals surface area contributed by atoms with Gasteiger partial charge >= 0.3 is 0 Å². The lowest BCUT2D eigenvalue weighted by Gasteiger charge is -2.22. The third-order valence-corrected chi connectivity index (χ3v) is 4.17. The molecule has 0 bridgehead atoms. The van der Waals surface area contributed by atoms with E-state index in [1.165, 1.54) is 0 Å². The Morgan fingerprint density at radius 1 is 1.19 bits per heavy atom. The molecule has 1 aromatic rings. The summed E-state index contributed by atoms with van der Waals surface area (Å²) in [5.41, 5.74) is 5.94. The normalized spacial score (nSPS) is 20.0. The molecule has 1 aromatic heterocycles. The molecule has 0 spiro atoms. The zero-order valence-electron chi connectivity index (χ0n) is 11.9. The van der Waals surface area contributed by atoms with Crippen LogP contribution in [0.3, 0.4) is 0 Å². The number of carbonyl (C=O) groups is 2. The monoisotopic (exact) mass is 288 g/mol. The fourth-order valence-corrected chi connectivity index (χ4v) is 2.60. The van der Waals surface area contributed by atoms with Crippen molar-refractivity contribution in [3.63, 3.8) is 0 Å². The Morgan fingerprint density at radius 3 is 2.48 bits per heavy atom. The molecule has 112 valence electrons. The highest BCUT2D eigenvalue weighted by Crippen LogP contribution is 2.30. The highest BCUT2D eigenvalue weighted by atomic mass is 16.2. The topological polar surface area (TPSA) is 97.1 Å². The molecular weight excluding hydrogens is 268 g/mol. The molecular formula is C15H20N4O2. The van der Waals surface area contributed by atoms with Gasteiger partial charge in [0.15, 0.2) is 0 Å². The molecule has 2 fully saturated rings. The standard InChI is InChI=1S/C15H20N4O2/c16-15(7-1-2-8-15)14(21)18-11-5-6-12(17-9-11)19-13(20)10-3-4-10/h5-6,9-10H,1-4,7-8,16H2,(H,18,21)(H,17,19,20). The van der Waals surface area contributed by atoms with Crippen LogP contribution in [-0.4, -0.2) is 22.3 Å². The van der Waals surface area contributed by atoms with E-state index in [1.807, 2.05) is 0 Å². The van der Waals surface area contributed by atoms with Crippen LogP contribution < -0.4 is 16.4 Å². The molecule has 2 saturated carbocycles. The molecule has 3 rings (SSSR count). The summed E-state index contributed by atoms with van der Waals surface area (Å²) in [6.07, 6.45) is 6.89. The number of amides is 2. The van der Waals surface area contributed by atoms with Crippen molar-refractivity contribution in [3.05, 3.63) is 18.3 Å². The second-order valence-corrected chi connectivity index (χ2v) is 6.01. The first-order valence-corrected chi connectivity index (χ1v) is 7.44. The Balaban J connectivity index is 1.58. The van der Waals surface area contributed by atoms with Crippen LogP contribution in [0.25, 0.3) is 0 Å². The predicted molar refractivity (Wildman–Crippen MR) is 79.6 cm³/mol. The van der Waals surface area contributed by atoms with Crippen LogP contribution in [-0.2, 0) is 9.59 Å². The van der Waals surface area contributed by atoms with Gasteiger partial charge in [-0.25, -0.2) is 4.98 Å². The average Bonchev–Trinajstić information content (AvgIpc) is 3.23. The van der Waals surface area contributed by atoms with E-state index in [-0.39, 0.29) is 17.7 Å². The third-order valence-electron chi connectivity index (χ3n) is 4.17. The summed E-state index contributed by atoms with van der Waals surface area (Å²) < 4.78 is 0. The fourth-order valence-electron chi connectivity index (χ4n) is 2.60. The third kappa shape index (κ3) is 3.21. The van der Waals surface area contributed by atoms with Crippen molar-refractivity contribution < 1.29 is 9.59 Å². The Kier molecular flexibility index (Phi) is 3.63. The van der Waals surface area contributed by atoms with Gasteiger partial charge in [-0.15, -0.1) is 0 Å². The van der Waals surface area contributed by atoms with Crippen molar-refractivity contribution in [3.8, 4) is 0 Å². The number of hydrogen-bond acceptors (Lipinski definition) is 4. The highest BCUT2D eigenvalue weighted by Gasteiger charge is 2.37. The van der Waals surface area contributed by atoms with E-state index in [4.69, 9.17) is 5.73 Å². The molecule has 0 aromatic carbocycles. The van der Waals surface area contributed by atoms with E-state index in [9.17, 15) is 9.59 Å². The summed E-state index contributed by atoms with van der Waals surface area (Å²) in [5, 5.41) is 5.56. The second kappa shape index (κ2) is 5.44. The van der Waals surface area contributed by atoms with Crippen LogP contribution in [0.5, 0.6) is 0 Å². The van der Waals surface area contributed by atoms with Gasteiger partial charge in [-0.3, -0.25) is 9.59 Å². The average molecular weight is 288 g/mol. The fraction of sp³-hybridized carbons (Fsp3) is 0.533. The van der Waals surface area contributed by atoms with Crippen LogP contribution in [0.1, 0.15) is 38.5 Å². The Hall–Kier alpha value is -1.95. The lowest BCUT2D eigenvalue weighted by Crippen LogP contribution is -2.48. The molecule has 1 heterocycles. The number of nitrogens with one attached hydrogen (secondary N) is 2. The number of rotatable bonds is 4. The van der Waals surface area contributed by atoms with Crippen LogP contribution in [0.4, 0.5) is 11.5 Å². The molecule has 0 atom stereocenters. The van der Waals surface area contributed by atoms with Crippen molar-refractivity contribution in [2.24, 2.45) is 11.7 Å². The quantitative estimate of drug-likeness (QED) is 0.784. The van der Waals surface area contributed by atoms with Gasteiger partial charge in [0, 0.05) is 5.92 Å². The predicted octanol–water partition coefficient (Wildman–Crippen LogP) is 1.64. The van der Waals surface area contributed by atoms with Crippen molar-refractivity contribution in [1.82, 2.24) is 4.98 Å². The molecule has 21 heavy (non-hydrogen) atoms. The lowest BCUT2D eigenvalue weighted by atomic mass is 9.98. The molecule has 6 heteroatoms. The molecule has 0 aliphatic heterocycles. The van der Waals surface area contributed by atoms with Crippen LogP contribution >= 0.6 is 0 Å². The minimum Gasteiger partial charge on any atom is -0.323 e. The van der Waals surface area contributed by atoms with Crippen LogP contribution in [0.2, 0.25) is 0 Å². The summed E-state index contributed by atoms with van der Waals surface area (Å²) in [4.78, 5) is 27.9. The molecule has 4 N–H and O–H groups in total. The SMILES string of the molecule is NC1(C(=O)Nc2ccc(NC(=O)C3CC3)nc2)CCCC1. The summed E-state index contributed by atoms with van der Waals surface area (Å²) in [7, 11) is 0. The van der Waals surface area contributed by atoms with Crippen LogP contribution in [0, 0.1) is 5.92 Å². The first kappa shape index (κ1) is 14.0. The highest BCUT2D eigenvalue weighted by molar-refractivity contribution is 5.98. The van der Waals surface area contributed by atoms with Gasteiger partial charge in [0.2, 0.25) is 11.8 Å². The first-order chi connectivity index (χ1) is 10.1. The van der Waals surface area contributed by atoms with Crippen molar-refractivity contribution >= 4 is 23.3 Å². The maximum atomic E-state index is 12.2. The van der Waals surface area contributed by atoms with E-state index < -0.39 is 5.54 Å². The lowest BCUT2D eigenvalue weighted by molar-refractivity contribution is -0.121. The van der Waals surface area contributed by atoms with E-state index in [0.29, 0.717) is 11.5 Å². The largest absolute Gasteiger partial charge is 0.323 e. The van der Waals surface area contributed by atoms with E-state index in [1.54, 1.807) is 18.3 Å². The summed E-state index contributed by atoms with van der Waals surface area (Å²) >= 11 is 0. The van der Waals surface area contributed by atoms with Gasteiger partial charge < -0.3 is 16.4 Å². The van der Waals surface area contributed by atoms with E-state index in [2.05, 4.69) is 15.6 Å². The zero-order chi connectivity index (χ0) is 14.9. The Bertz CT molecular complexity index is 545. The van der Waals surface area contributed by atoms with E-state index >= 15 is 0 Å². The number of nitrogens with zero attached hydrogens (tertiary/aromatic N) is 1. The van der Waals surface area contributed by atoms with Gasteiger partial charge in [0.25, 0.3) is 0 Å². The number of hydrogen-bond donors (Lipinski definition) is 3. The maximum Gasteiger partial charge on any atom is 0.244 e. The molecule has 2 amide bonds. The summed E-state index contributed by atoms with van der Waals surface area (Å²) in [6.45, 7) is 0. The first-order valence-electron chi connectivity index (χ1n) is 7.44. The Labute approximate surface area is 123 Å². The van der Waals surface area contributed by atoms with Crippen molar-refractivity contribution in [2.75, 3.05) is 10.6 Å². The van der Waals surface area contributed by atoms with Crippen molar-refractivity contribution in [1.29, 1.82) is 0 Å². The van der Waals surface area contributed by atoms with Gasteiger partial charge in [-0.05, 0) is 37.8 Å². The van der Waals surface area contributed by atoms with Gasteiger partial charge in [0.05, 0.1) is 17.4 Å². The van der Waals surface area contributed by atoms with E-state index in [0.717, 1.165) is 38.5 Å². The maximum absolute atomic E-state index is 12.2. The number of aromatic nitrogens is 1. The van der Waals surface area contributed by atoms with Gasteiger partial charge in [0.1, 0.15) is 5.82 Å². The van der Waals surface area contributed by atoms with Gasteiger partial charge in [-0.2, -0.15) is 0 Å². The van der Waals surface area contributed by atoms with Crippen LogP contribution in [0.15, 0.2) is 18.3 Å². The second-order valence-electron chi connectivity index (χ2n) is 6.01. The molecule has 2 aliphatic rings. The number of nitrogens with two attached hydrogens (primary N) is 1. The van der Waals surface area contributed by atoms with Crippen molar-refractivity contribution in [2.45, 2.75) is 44.1 Å². The summed E-state index contributed by atoms with van der Waals surface area (Å²) in [6, 6.07) is 3.42. The molecule has 6 nitrogen and oxygen atoms in total. The molecule has 2 aliphatic carbocycles. The zero-order valence-corrected chi connectivity index (χ0v) is 11.9.